The molecule has 0 amide bonds. The molecule has 1 aliphatic heterocycles. The average molecular weight is 721 g/mol. The summed E-state index contributed by atoms with van der Waals surface area (Å²) in [7, 11) is 0. The van der Waals surface area contributed by atoms with E-state index in [1.165, 1.54) is 31.2 Å². The summed E-state index contributed by atoms with van der Waals surface area (Å²) in [5.41, 5.74) is -1.02. The van der Waals surface area contributed by atoms with Crippen molar-refractivity contribution in [2.24, 2.45) is 4.99 Å². The van der Waals surface area contributed by atoms with Crippen molar-refractivity contribution in [2.45, 2.75) is 32.7 Å². The number of aromatic nitrogens is 1. The van der Waals surface area contributed by atoms with Gasteiger partial charge in [-0.15, -0.1) is 0 Å². The molecule has 0 N–H and O–H groups in total. The Morgan fingerprint density at radius 3 is 2.28 bits per heavy atom. The summed E-state index contributed by atoms with van der Waals surface area (Å²) >= 11 is 6.84. The maximum Gasteiger partial charge on any atom is 0.434 e. The molecule has 0 radical (unpaired) electrons. The van der Waals surface area contributed by atoms with E-state index in [1.807, 2.05) is 30.3 Å². The maximum absolute atomic E-state index is 14.5. The van der Waals surface area contributed by atoms with Crippen molar-refractivity contribution in [1.29, 1.82) is 0 Å². The van der Waals surface area contributed by atoms with Gasteiger partial charge in [0.15, 0.2) is 10.5 Å². The van der Waals surface area contributed by atoms with E-state index in [0.717, 1.165) is 32.2 Å². The average Bonchev–Trinajstić information content (AvgIpc) is 3.41. The fourth-order valence-corrected chi connectivity index (χ4v) is 6.70. The Morgan fingerprint density at radius 1 is 0.920 bits per heavy atom. The molecule has 13 heteroatoms. The summed E-state index contributed by atoms with van der Waals surface area (Å²) in [5.74, 6) is -1.27. The third kappa shape index (κ3) is 6.94. The quantitative estimate of drug-likeness (QED) is 0.154. The van der Waals surface area contributed by atoms with Crippen molar-refractivity contribution in [1.82, 2.24) is 4.57 Å². The Labute approximate surface area is 292 Å². The lowest BCUT2D eigenvalue weighted by atomic mass is 9.95. The van der Waals surface area contributed by atoms with Crippen LogP contribution in [0.1, 0.15) is 46.9 Å². The van der Waals surface area contributed by atoms with Gasteiger partial charge in [-0.2, -0.15) is 13.2 Å². The third-order valence-corrected chi connectivity index (χ3v) is 9.08. The second-order valence-electron chi connectivity index (χ2n) is 11.0. The second-order valence-corrected chi connectivity index (χ2v) is 12.5. The molecule has 0 fully saturated rings. The van der Waals surface area contributed by atoms with Gasteiger partial charge in [0.25, 0.3) is 5.56 Å². The Kier molecular flexibility index (Phi) is 9.94. The molecule has 50 heavy (non-hydrogen) atoms. The third-order valence-electron chi connectivity index (χ3n) is 7.85. The lowest BCUT2D eigenvalue weighted by Gasteiger charge is -2.26. The molecule has 0 bridgehead atoms. The van der Waals surface area contributed by atoms with E-state index in [1.54, 1.807) is 43.3 Å². The first kappa shape index (κ1) is 34.7. The first-order valence-electron chi connectivity index (χ1n) is 15.5. The van der Waals surface area contributed by atoms with Crippen LogP contribution in [-0.2, 0) is 20.9 Å². The molecule has 0 aliphatic carbocycles. The molecule has 256 valence electrons. The minimum absolute atomic E-state index is 0.0642. The van der Waals surface area contributed by atoms with Gasteiger partial charge in [-0.25, -0.2) is 14.6 Å². The predicted molar refractivity (Wildman–Crippen MR) is 183 cm³/mol. The number of rotatable bonds is 9. The van der Waals surface area contributed by atoms with E-state index in [2.05, 4.69) is 4.99 Å². The molecule has 6 rings (SSSR count). The van der Waals surface area contributed by atoms with Crippen LogP contribution < -0.4 is 19.6 Å². The number of benzene rings is 4. The van der Waals surface area contributed by atoms with E-state index in [-0.39, 0.29) is 34.7 Å². The number of alkyl halides is 3. The van der Waals surface area contributed by atoms with Crippen molar-refractivity contribution in [3.63, 3.8) is 0 Å². The van der Waals surface area contributed by atoms with Gasteiger partial charge >= 0.3 is 18.1 Å². The molecule has 1 aliphatic rings. The maximum atomic E-state index is 14.5. The molecule has 4 aromatic carbocycles. The predicted octanol–water partition coefficient (Wildman–Crippen LogP) is 6.90. The number of allylic oxidation sites excluding steroid dienone is 1. The summed E-state index contributed by atoms with van der Waals surface area (Å²) in [6.07, 6.45) is -3.47. The SMILES string of the molecule is CCOC(=O)C1=C(C(F)(F)F)N=c2s/c(=C\c3c(OCc4ccc(C(=O)OCC)cc4)ccc4ccccc34)c(=O)n2[C@H]1c1ccc(Cl)cc1. The topological polar surface area (TPSA) is 96.2 Å². The normalized spacial score (nSPS) is 14.7. The number of halogens is 4. The summed E-state index contributed by atoms with van der Waals surface area (Å²) in [4.78, 5) is 43.0. The lowest BCUT2D eigenvalue weighted by Crippen LogP contribution is -2.41. The van der Waals surface area contributed by atoms with Crippen molar-refractivity contribution in [3.05, 3.63) is 143 Å². The van der Waals surface area contributed by atoms with E-state index in [4.69, 9.17) is 25.8 Å². The van der Waals surface area contributed by atoms with Crippen molar-refractivity contribution >= 4 is 51.7 Å². The van der Waals surface area contributed by atoms with Gasteiger partial charge < -0.3 is 14.2 Å². The van der Waals surface area contributed by atoms with E-state index >= 15 is 0 Å². The van der Waals surface area contributed by atoms with Crippen LogP contribution in [0.15, 0.2) is 106 Å². The number of esters is 2. The number of thiazole rings is 1. The van der Waals surface area contributed by atoms with E-state index in [9.17, 15) is 27.6 Å². The van der Waals surface area contributed by atoms with Crippen molar-refractivity contribution in [2.75, 3.05) is 13.2 Å². The fraction of sp³-hybridized carbons (Fsp3) is 0.189. The number of nitrogens with zero attached hydrogens (tertiary/aromatic N) is 2. The van der Waals surface area contributed by atoms with E-state index in [0.29, 0.717) is 21.9 Å². The van der Waals surface area contributed by atoms with Gasteiger partial charge in [0, 0.05) is 10.6 Å². The smallest absolute Gasteiger partial charge is 0.434 e. The van der Waals surface area contributed by atoms with Crippen LogP contribution in [0, 0.1) is 0 Å². The number of carbonyl (C=O) groups excluding carboxylic acids is 2. The highest BCUT2D eigenvalue weighted by molar-refractivity contribution is 7.07. The molecular weight excluding hydrogens is 693 g/mol. The second kappa shape index (κ2) is 14.3. The molecule has 0 saturated heterocycles. The molecule has 0 unspecified atom stereocenters. The van der Waals surface area contributed by atoms with Gasteiger partial charge in [-0.1, -0.05) is 77.5 Å². The first-order chi connectivity index (χ1) is 24.0. The summed E-state index contributed by atoms with van der Waals surface area (Å²) in [6, 6.07) is 22.1. The number of fused-ring (bicyclic) bond motifs is 2. The van der Waals surface area contributed by atoms with Crippen LogP contribution in [0.3, 0.4) is 0 Å². The molecule has 2 heterocycles. The minimum atomic E-state index is -5.03. The number of hydrogen-bond donors (Lipinski definition) is 0. The minimum Gasteiger partial charge on any atom is -0.488 e. The molecule has 1 atom stereocenters. The Bertz CT molecular complexity index is 2310. The highest BCUT2D eigenvalue weighted by atomic mass is 35.5. The van der Waals surface area contributed by atoms with Gasteiger partial charge in [-0.05, 0) is 72.2 Å². The monoisotopic (exact) mass is 720 g/mol. The molecule has 0 spiro atoms. The first-order valence-corrected chi connectivity index (χ1v) is 16.7. The van der Waals surface area contributed by atoms with Gasteiger partial charge in [0.2, 0.25) is 0 Å². The summed E-state index contributed by atoms with van der Waals surface area (Å²) < 4.78 is 61.1. The van der Waals surface area contributed by atoms with Gasteiger partial charge in [0.05, 0.1) is 34.9 Å². The summed E-state index contributed by atoms with van der Waals surface area (Å²) in [5, 5.41) is 1.88. The van der Waals surface area contributed by atoms with Crippen molar-refractivity contribution in [3.8, 4) is 5.75 Å². The van der Waals surface area contributed by atoms with Crippen LogP contribution in [0.5, 0.6) is 5.75 Å². The van der Waals surface area contributed by atoms with Crippen LogP contribution >= 0.6 is 22.9 Å². The number of hydrogen-bond acceptors (Lipinski definition) is 8. The molecule has 5 aromatic rings. The van der Waals surface area contributed by atoms with Crippen molar-refractivity contribution < 1.29 is 37.0 Å². The Morgan fingerprint density at radius 2 is 1.60 bits per heavy atom. The Balaban J connectivity index is 1.50. The zero-order valence-electron chi connectivity index (χ0n) is 26.6. The van der Waals surface area contributed by atoms with Crippen LogP contribution in [0.4, 0.5) is 13.2 Å². The van der Waals surface area contributed by atoms with Crippen LogP contribution in [-0.4, -0.2) is 35.9 Å². The van der Waals surface area contributed by atoms with Gasteiger partial charge in [0.1, 0.15) is 12.4 Å². The molecule has 8 nitrogen and oxygen atoms in total. The van der Waals surface area contributed by atoms with Crippen LogP contribution in [0.25, 0.3) is 16.8 Å². The van der Waals surface area contributed by atoms with E-state index < -0.39 is 41.0 Å². The number of carbonyl (C=O) groups is 2. The zero-order chi connectivity index (χ0) is 35.6. The molecule has 0 saturated carbocycles. The fourth-order valence-electron chi connectivity index (χ4n) is 5.59. The molecule has 1 aromatic heterocycles. The van der Waals surface area contributed by atoms with Gasteiger partial charge in [-0.3, -0.25) is 9.36 Å². The number of ether oxygens (including phenoxy) is 3. The standard InChI is InChI=1S/C37H28ClF3N2O6S/c1-3-47-34(45)24-11-9-21(10-12-24)20-49-28-18-15-22-7-5-6-8-26(22)27(28)19-29-33(44)43-31(23-13-16-25(38)17-14-23)30(35(46)48-4-2)32(37(39,40)41)42-36(43)50-29/h5-19,31H,3-4,20H2,1-2H3/b29-19-/t31-/m0/s1. The highest BCUT2D eigenvalue weighted by Gasteiger charge is 2.45. The lowest BCUT2D eigenvalue weighted by molar-refractivity contribution is -0.140. The summed E-state index contributed by atoms with van der Waals surface area (Å²) in [6.45, 7) is 3.37. The molecular formula is C37H28ClF3N2O6S. The highest BCUT2D eigenvalue weighted by Crippen LogP contribution is 2.38. The van der Waals surface area contributed by atoms with Crippen LogP contribution in [0.2, 0.25) is 5.02 Å². The largest absolute Gasteiger partial charge is 0.488 e. The Hall–Kier alpha value is -5.20. The zero-order valence-corrected chi connectivity index (χ0v) is 28.2.